The first kappa shape index (κ1) is 17.9. The summed E-state index contributed by atoms with van der Waals surface area (Å²) in [7, 11) is 0. The Morgan fingerprint density at radius 3 is 2.80 bits per heavy atom. The second kappa shape index (κ2) is 7.58. The molecule has 0 radical (unpaired) electrons. The summed E-state index contributed by atoms with van der Waals surface area (Å²) < 4.78 is 0. The van der Waals surface area contributed by atoms with Gasteiger partial charge >= 0.3 is 0 Å². The van der Waals surface area contributed by atoms with Crippen molar-refractivity contribution < 1.29 is 4.79 Å². The molecule has 0 bridgehead atoms. The van der Waals surface area contributed by atoms with Gasteiger partial charge in [-0.3, -0.25) is 14.8 Å². The predicted octanol–water partition coefficient (Wildman–Crippen LogP) is 3.14. The monoisotopic (exact) mass is 359 g/mol. The number of nitrogens with zero attached hydrogens (tertiary/aromatic N) is 4. The van der Waals surface area contributed by atoms with Crippen LogP contribution in [-0.4, -0.2) is 44.9 Å². The first-order chi connectivity index (χ1) is 11.9. The molecule has 0 unspecified atom stereocenters. The third-order valence-corrected chi connectivity index (χ3v) is 5.66. The molecule has 1 atom stereocenters. The van der Waals surface area contributed by atoms with Gasteiger partial charge in [0.15, 0.2) is 5.13 Å². The van der Waals surface area contributed by atoms with E-state index in [0.29, 0.717) is 17.1 Å². The number of hydrogen-bond donors (Lipinski definition) is 1. The normalized spacial score (nSPS) is 18.0. The first-order valence-corrected chi connectivity index (χ1v) is 9.54. The molecule has 6 nitrogen and oxygen atoms in total. The quantitative estimate of drug-likeness (QED) is 0.888. The standard InChI is InChI=1S/C18H25N5OS/c1-11(2)23-6-5-14(10-23)7-15-8-20-16(9-19-15)17-12(3)21-18(25-17)22-13(4)24/h8-9,11,14H,5-7,10H2,1-4H3,(H,21,22,24)/t14-/m1/s1. The lowest BCUT2D eigenvalue weighted by atomic mass is 10.0. The van der Waals surface area contributed by atoms with E-state index in [4.69, 9.17) is 0 Å². The van der Waals surface area contributed by atoms with Gasteiger partial charge in [-0.15, -0.1) is 0 Å². The van der Waals surface area contributed by atoms with Crippen LogP contribution >= 0.6 is 11.3 Å². The number of aryl methyl sites for hydroxylation is 1. The zero-order valence-corrected chi connectivity index (χ0v) is 16.1. The minimum Gasteiger partial charge on any atom is -0.302 e. The summed E-state index contributed by atoms with van der Waals surface area (Å²) in [6.07, 6.45) is 5.91. The third kappa shape index (κ3) is 4.41. The van der Waals surface area contributed by atoms with E-state index in [-0.39, 0.29) is 5.91 Å². The van der Waals surface area contributed by atoms with Crippen LogP contribution in [0.15, 0.2) is 12.4 Å². The van der Waals surface area contributed by atoms with Gasteiger partial charge in [-0.05, 0) is 46.1 Å². The predicted molar refractivity (Wildman–Crippen MR) is 101 cm³/mol. The Balaban J connectivity index is 1.66. The molecule has 0 aromatic carbocycles. The van der Waals surface area contributed by atoms with Crippen LogP contribution < -0.4 is 5.32 Å². The van der Waals surface area contributed by atoms with E-state index in [1.165, 1.54) is 31.2 Å². The highest BCUT2D eigenvalue weighted by molar-refractivity contribution is 7.19. The van der Waals surface area contributed by atoms with Gasteiger partial charge in [-0.1, -0.05) is 11.3 Å². The number of likely N-dealkylation sites (tertiary alicyclic amines) is 1. The van der Waals surface area contributed by atoms with Gasteiger partial charge in [0.25, 0.3) is 0 Å². The van der Waals surface area contributed by atoms with Crippen molar-refractivity contribution in [2.45, 2.75) is 46.6 Å². The summed E-state index contributed by atoms with van der Waals surface area (Å²) in [5.74, 6) is 0.549. The van der Waals surface area contributed by atoms with Crippen LogP contribution in [-0.2, 0) is 11.2 Å². The van der Waals surface area contributed by atoms with Gasteiger partial charge in [0, 0.05) is 25.7 Å². The zero-order valence-electron chi connectivity index (χ0n) is 15.2. The van der Waals surface area contributed by atoms with E-state index >= 15 is 0 Å². The molecule has 1 saturated heterocycles. The molecular formula is C18H25N5OS. The van der Waals surface area contributed by atoms with Crippen molar-refractivity contribution in [1.82, 2.24) is 19.9 Å². The molecule has 1 amide bonds. The van der Waals surface area contributed by atoms with Crippen molar-refractivity contribution in [2.75, 3.05) is 18.4 Å². The Bertz CT molecular complexity index is 740. The van der Waals surface area contributed by atoms with E-state index in [9.17, 15) is 4.79 Å². The largest absolute Gasteiger partial charge is 0.302 e. The summed E-state index contributed by atoms with van der Waals surface area (Å²) in [5, 5.41) is 3.33. The van der Waals surface area contributed by atoms with E-state index in [1.807, 2.05) is 19.3 Å². The van der Waals surface area contributed by atoms with E-state index in [1.54, 1.807) is 0 Å². The Kier molecular flexibility index (Phi) is 5.44. The number of carbonyl (C=O) groups excluding carboxylic acids is 1. The second-order valence-electron chi connectivity index (χ2n) is 6.96. The van der Waals surface area contributed by atoms with Crippen molar-refractivity contribution in [3.05, 3.63) is 23.8 Å². The van der Waals surface area contributed by atoms with Gasteiger partial charge in [0.1, 0.15) is 5.69 Å². The molecule has 134 valence electrons. The van der Waals surface area contributed by atoms with E-state index in [0.717, 1.165) is 34.9 Å². The molecule has 3 heterocycles. The third-order valence-electron chi connectivity index (χ3n) is 4.56. The second-order valence-corrected chi connectivity index (χ2v) is 7.95. The molecule has 0 spiro atoms. The first-order valence-electron chi connectivity index (χ1n) is 8.72. The summed E-state index contributed by atoms with van der Waals surface area (Å²) in [4.78, 5) is 28.2. The van der Waals surface area contributed by atoms with Crippen molar-refractivity contribution in [3.63, 3.8) is 0 Å². The molecule has 25 heavy (non-hydrogen) atoms. The fourth-order valence-corrected chi connectivity index (χ4v) is 4.18. The maximum atomic E-state index is 11.2. The number of nitrogens with one attached hydrogen (secondary N) is 1. The molecule has 2 aromatic rings. The van der Waals surface area contributed by atoms with Gasteiger partial charge in [-0.2, -0.15) is 0 Å². The Morgan fingerprint density at radius 1 is 1.40 bits per heavy atom. The maximum absolute atomic E-state index is 11.2. The molecule has 3 rings (SSSR count). The minimum absolute atomic E-state index is 0.117. The smallest absolute Gasteiger partial charge is 0.223 e. The molecule has 0 aliphatic carbocycles. The van der Waals surface area contributed by atoms with Crippen LogP contribution in [0.1, 0.15) is 38.6 Å². The van der Waals surface area contributed by atoms with Gasteiger partial charge in [0.2, 0.25) is 5.91 Å². The van der Waals surface area contributed by atoms with E-state index in [2.05, 4.69) is 39.0 Å². The van der Waals surface area contributed by atoms with E-state index < -0.39 is 0 Å². The lowest BCUT2D eigenvalue weighted by Crippen LogP contribution is -2.28. The van der Waals surface area contributed by atoms with Crippen LogP contribution in [0.4, 0.5) is 5.13 Å². The number of thiazole rings is 1. The molecule has 2 aromatic heterocycles. The molecule has 1 aliphatic rings. The average Bonchev–Trinajstić information content (AvgIpc) is 3.14. The van der Waals surface area contributed by atoms with Gasteiger partial charge in [-0.25, -0.2) is 4.98 Å². The van der Waals surface area contributed by atoms with Gasteiger partial charge < -0.3 is 10.2 Å². The van der Waals surface area contributed by atoms with Crippen LogP contribution in [0.2, 0.25) is 0 Å². The van der Waals surface area contributed by atoms with Crippen molar-refractivity contribution in [2.24, 2.45) is 5.92 Å². The number of amides is 1. The summed E-state index contributed by atoms with van der Waals surface area (Å²) in [6, 6.07) is 0.616. The van der Waals surface area contributed by atoms with Crippen molar-refractivity contribution in [1.29, 1.82) is 0 Å². The average molecular weight is 359 g/mol. The summed E-state index contributed by atoms with van der Waals surface area (Å²) >= 11 is 1.43. The Hall–Kier alpha value is -1.86. The molecule has 1 N–H and O–H groups in total. The number of aromatic nitrogens is 3. The van der Waals surface area contributed by atoms with Crippen molar-refractivity contribution in [3.8, 4) is 10.6 Å². The van der Waals surface area contributed by atoms with Crippen LogP contribution in [0.25, 0.3) is 10.6 Å². The van der Waals surface area contributed by atoms with Crippen LogP contribution in [0.5, 0.6) is 0 Å². The minimum atomic E-state index is -0.117. The van der Waals surface area contributed by atoms with Crippen LogP contribution in [0.3, 0.4) is 0 Å². The highest BCUT2D eigenvalue weighted by Gasteiger charge is 2.24. The Morgan fingerprint density at radius 2 is 2.20 bits per heavy atom. The fourth-order valence-electron chi connectivity index (χ4n) is 3.21. The number of carbonyl (C=O) groups is 1. The molecule has 7 heteroatoms. The van der Waals surface area contributed by atoms with Crippen LogP contribution in [0, 0.1) is 12.8 Å². The summed E-state index contributed by atoms with van der Waals surface area (Å²) in [5.41, 5.74) is 2.72. The molecule has 0 saturated carbocycles. The Labute approximate surface area is 152 Å². The molecule has 1 fully saturated rings. The number of hydrogen-bond acceptors (Lipinski definition) is 6. The van der Waals surface area contributed by atoms with Crippen molar-refractivity contribution >= 4 is 22.4 Å². The zero-order chi connectivity index (χ0) is 18.0. The topological polar surface area (TPSA) is 71.0 Å². The van der Waals surface area contributed by atoms with Gasteiger partial charge in [0.05, 0.1) is 22.5 Å². The lowest BCUT2D eigenvalue weighted by molar-refractivity contribution is -0.114. The molecular weight excluding hydrogens is 334 g/mol. The summed E-state index contributed by atoms with van der Waals surface area (Å²) in [6.45, 7) is 10.2. The lowest BCUT2D eigenvalue weighted by Gasteiger charge is -2.20. The molecule has 1 aliphatic heterocycles. The highest BCUT2D eigenvalue weighted by Crippen LogP contribution is 2.31. The SMILES string of the molecule is CC(=O)Nc1nc(C)c(-c2cnc(C[C@H]3CCN(C(C)C)C3)cn2)s1. The number of anilines is 1. The number of rotatable bonds is 5. The highest BCUT2D eigenvalue weighted by atomic mass is 32.1. The fraction of sp³-hybridized carbons (Fsp3) is 0.556. The maximum Gasteiger partial charge on any atom is 0.223 e.